The average Bonchev–Trinajstić information content (AvgIpc) is 2.86. The molecule has 0 aromatic heterocycles. The van der Waals surface area contributed by atoms with Crippen LogP contribution in [-0.2, 0) is 0 Å². The van der Waals surface area contributed by atoms with Crippen molar-refractivity contribution in [2.75, 3.05) is 13.2 Å². The summed E-state index contributed by atoms with van der Waals surface area (Å²) in [7, 11) is 0. The number of nitrogens with one attached hydrogen (secondary N) is 1. The number of amides is 1. The van der Waals surface area contributed by atoms with E-state index < -0.39 is 5.97 Å². The van der Waals surface area contributed by atoms with Crippen molar-refractivity contribution < 1.29 is 23.8 Å². The van der Waals surface area contributed by atoms with E-state index in [2.05, 4.69) is 17.5 Å². The number of rotatable bonds is 11. The lowest BCUT2D eigenvalue weighted by Crippen LogP contribution is -2.17. The van der Waals surface area contributed by atoms with Gasteiger partial charge in [0.15, 0.2) is 11.5 Å². The molecular weight excluding hydrogens is 468 g/mol. The van der Waals surface area contributed by atoms with Crippen LogP contribution in [0.4, 0.5) is 0 Å². The molecule has 0 fully saturated rings. The number of unbranched alkanes of at least 4 members (excludes halogenated alkanes) is 1. The lowest BCUT2D eigenvalue weighted by molar-refractivity contribution is 0.0728. The minimum Gasteiger partial charge on any atom is -0.494 e. The Bertz CT molecular complexity index is 1160. The fraction of sp³-hybridized carbons (Fsp3) is 0.222. The zero-order valence-corrected chi connectivity index (χ0v) is 20.4. The largest absolute Gasteiger partial charge is 0.494 e. The summed E-state index contributed by atoms with van der Waals surface area (Å²) in [5.74, 6) is 0.495. The molecule has 0 spiro atoms. The second kappa shape index (κ2) is 13.2. The van der Waals surface area contributed by atoms with E-state index in [1.165, 1.54) is 6.21 Å². The summed E-state index contributed by atoms with van der Waals surface area (Å²) in [6.07, 6.45) is 3.52. The second-order valence-electron chi connectivity index (χ2n) is 7.46. The predicted octanol–water partition coefficient (Wildman–Crippen LogP) is 5.90. The number of benzene rings is 3. The minimum atomic E-state index is -0.530. The molecule has 8 heteroatoms. The molecular formula is C27H27ClN2O5. The zero-order valence-electron chi connectivity index (χ0n) is 19.6. The van der Waals surface area contributed by atoms with Gasteiger partial charge in [0.05, 0.1) is 25.0 Å². The van der Waals surface area contributed by atoms with E-state index in [1.54, 1.807) is 66.7 Å². The van der Waals surface area contributed by atoms with E-state index >= 15 is 0 Å². The molecule has 35 heavy (non-hydrogen) atoms. The first-order valence-corrected chi connectivity index (χ1v) is 11.7. The summed E-state index contributed by atoms with van der Waals surface area (Å²) in [5.41, 5.74) is 3.98. The number of nitrogens with zero attached hydrogens (tertiary/aromatic N) is 1. The highest BCUT2D eigenvalue weighted by molar-refractivity contribution is 6.30. The number of hydrazone groups is 1. The predicted molar refractivity (Wildman–Crippen MR) is 136 cm³/mol. The SMILES string of the molecule is CCCCOc1ccc(C(=O)N/N=C\c2ccc(OC(=O)c3ccc(Cl)cc3)c(OCC)c2)cc1. The van der Waals surface area contributed by atoms with Crippen LogP contribution in [0.15, 0.2) is 71.8 Å². The van der Waals surface area contributed by atoms with Crippen LogP contribution >= 0.6 is 11.6 Å². The maximum atomic E-state index is 12.4. The highest BCUT2D eigenvalue weighted by Gasteiger charge is 2.13. The Morgan fingerprint density at radius 1 is 0.914 bits per heavy atom. The molecule has 3 rings (SSSR count). The van der Waals surface area contributed by atoms with Crippen LogP contribution in [0.3, 0.4) is 0 Å². The third-order valence-corrected chi connectivity index (χ3v) is 5.07. The number of hydrogen-bond acceptors (Lipinski definition) is 6. The normalized spacial score (nSPS) is 10.7. The number of esters is 1. The zero-order chi connectivity index (χ0) is 25.0. The van der Waals surface area contributed by atoms with Gasteiger partial charge in [-0.15, -0.1) is 0 Å². The summed E-state index contributed by atoms with van der Waals surface area (Å²) in [5, 5.41) is 4.55. The van der Waals surface area contributed by atoms with E-state index in [9.17, 15) is 9.59 Å². The van der Waals surface area contributed by atoms with Crippen LogP contribution in [0, 0.1) is 0 Å². The van der Waals surface area contributed by atoms with Gasteiger partial charge < -0.3 is 14.2 Å². The first-order valence-electron chi connectivity index (χ1n) is 11.3. The Kier molecular flexibility index (Phi) is 9.69. The fourth-order valence-electron chi connectivity index (χ4n) is 2.97. The van der Waals surface area contributed by atoms with Gasteiger partial charge in [0.25, 0.3) is 5.91 Å². The third kappa shape index (κ3) is 7.86. The van der Waals surface area contributed by atoms with Crippen LogP contribution in [0.25, 0.3) is 0 Å². The van der Waals surface area contributed by atoms with Crippen molar-refractivity contribution >= 4 is 29.7 Å². The highest BCUT2D eigenvalue weighted by Crippen LogP contribution is 2.29. The van der Waals surface area contributed by atoms with Gasteiger partial charge in [-0.25, -0.2) is 10.2 Å². The van der Waals surface area contributed by atoms with Crippen LogP contribution in [0.2, 0.25) is 5.02 Å². The number of halogens is 1. The standard InChI is InChI=1S/C27H27ClN2O5/c1-3-5-16-34-23-13-9-20(10-14-23)26(31)30-29-18-19-6-15-24(25(17-19)33-4-2)35-27(32)21-7-11-22(28)12-8-21/h6-15,17-18H,3-5,16H2,1-2H3,(H,30,31)/b29-18-. The first-order chi connectivity index (χ1) is 17.0. The molecule has 3 aromatic rings. The molecule has 0 saturated heterocycles. The summed E-state index contributed by atoms with van der Waals surface area (Å²) < 4.78 is 16.7. The Morgan fingerprint density at radius 3 is 2.31 bits per heavy atom. The van der Waals surface area contributed by atoms with Gasteiger partial charge in [-0.3, -0.25) is 4.79 Å². The van der Waals surface area contributed by atoms with Crippen molar-refractivity contribution in [3.63, 3.8) is 0 Å². The molecule has 1 amide bonds. The van der Waals surface area contributed by atoms with E-state index in [1.807, 2.05) is 6.92 Å². The lowest BCUT2D eigenvalue weighted by Gasteiger charge is -2.11. The van der Waals surface area contributed by atoms with Gasteiger partial charge in [0.2, 0.25) is 0 Å². The molecule has 1 N–H and O–H groups in total. The minimum absolute atomic E-state index is 0.272. The molecule has 3 aromatic carbocycles. The van der Waals surface area contributed by atoms with Gasteiger partial charge in [-0.05, 0) is 85.6 Å². The maximum Gasteiger partial charge on any atom is 0.343 e. The summed E-state index contributed by atoms with van der Waals surface area (Å²) in [4.78, 5) is 24.8. The summed E-state index contributed by atoms with van der Waals surface area (Å²) in [6.45, 7) is 4.95. The van der Waals surface area contributed by atoms with Gasteiger partial charge >= 0.3 is 5.97 Å². The molecule has 0 atom stereocenters. The number of hydrogen-bond donors (Lipinski definition) is 1. The molecule has 0 heterocycles. The van der Waals surface area contributed by atoms with Gasteiger partial charge in [-0.1, -0.05) is 24.9 Å². The van der Waals surface area contributed by atoms with Crippen molar-refractivity contribution in [3.05, 3.63) is 88.4 Å². The van der Waals surface area contributed by atoms with E-state index in [0.717, 1.165) is 18.6 Å². The third-order valence-electron chi connectivity index (χ3n) is 4.81. The molecule has 0 aliphatic carbocycles. The van der Waals surface area contributed by atoms with E-state index in [0.29, 0.717) is 40.7 Å². The first kappa shape index (κ1) is 25.8. The van der Waals surface area contributed by atoms with Crippen molar-refractivity contribution in [3.8, 4) is 17.2 Å². The summed E-state index contributed by atoms with van der Waals surface area (Å²) in [6, 6.07) is 18.3. The maximum absolute atomic E-state index is 12.4. The molecule has 0 unspecified atom stereocenters. The Hall–Kier alpha value is -3.84. The van der Waals surface area contributed by atoms with E-state index in [4.69, 9.17) is 25.8 Å². The quantitative estimate of drug-likeness (QED) is 0.118. The fourth-order valence-corrected chi connectivity index (χ4v) is 3.10. The Morgan fingerprint density at radius 2 is 1.63 bits per heavy atom. The molecule has 0 aliphatic rings. The van der Waals surface area contributed by atoms with Crippen LogP contribution in [0.5, 0.6) is 17.2 Å². The van der Waals surface area contributed by atoms with Crippen LogP contribution < -0.4 is 19.6 Å². The second-order valence-corrected chi connectivity index (χ2v) is 7.90. The van der Waals surface area contributed by atoms with Crippen molar-refractivity contribution in [2.45, 2.75) is 26.7 Å². The molecule has 0 aliphatic heterocycles. The van der Waals surface area contributed by atoms with Crippen LogP contribution in [0.1, 0.15) is 53.0 Å². The number of carbonyl (C=O) groups is 2. The van der Waals surface area contributed by atoms with E-state index in [-0.39, 0.29) is 11.7 Å². The molecule has 7 nitrogen and oxygen atoms in total. The smallest absolute Gasteiger partial charge is 0.343 e. The van der Waals surface area contributed by atoms with Gasteiger partial charge in [-0.2, -0.15) is 5.10 Å². The number of carbonyl (C=O) groups excluding carboxylic acids is 2. The van der Waals surface area contributed by atoms with Crippen molar-refractivity contribution in [1.29, 1.82) is 0 Å². The Balaban J connectivity index is 1.61. The molecule has 0 radical (unpaired) electrons. The average molecular weight is 495 g/mol. The monoisotopic (exact) mass is 494 g/mol. The lowest BCUT2D eigenvalue weighted by atomic mass is 10.2. The van der Waals surface area contributed by atoms with Crippen LogP contribution in [-0.4, -0.2) is 31.3 Å². The summed E-state index contributed by atoms with van der Waals surface area (Å²) >= 11 is 5.87. The molecule has 0 saturated carbocycles. The topological polar surface area (TPSA) is 86.2 Å². The van der Waals surface area contributed by atoms with Crippen molar-refractivity contribution in [2.24, 2.45) is 5.10 Å². The highest BCUT2D eigenvalue weighted by atomic mass is 35.5. The molecule has 182 valence electrons. The molecule has 0 bridgehead atoms. The van der Waals surface area contributed by atoms with Gasteiger partial charge in [0, 0.05) is 10.6 Å². The number of ether oxygens (including phenoxy) is 3. The Labute approximate surface area is 209 Å². The van der Waals surface area contributed by atoms with Crippen molar-refractivity contribution in [1.82, 2.24) is 5.43 Å². The van der Waals surface area contributed by atoms with Gasteiger partial charge in [0.1, 0.15) is 5.75 Å².